The van der Waals surface area contributed by atoms with Gasteiger partial charge >= 0.3 is 0 Å². The summed E-state index contributed by atoms with van der Waals surface area (Å²) in [6.45, 7) is 2.38. The van der Waals surface area contributed by atoms with Crippen molar-refractivity contribution >= 4 is 62.0 Å². The monoisotopic (exact) mass is 784 g/mol. The summed E-state index contributed by atoms with van der Waals surface area (Å²) in [4.78, 5) is 4.97. The highest BCUT2D eigenvalue weighted by Crippen LogP contribution is 2.52. The van der Waals surface area contributed by atoms with Gasteiger partial charge in [0.25, 0.3) is 0 Å². The maximum absolute atomic E-state index is 6.22. The second-order valence-corrected chi connectivity index (χ2v) is 16.8. The van der Waals surface area contributed by atoms with Gasteiger partial charge in [0.2, 0.25) is 0 Å². The number of para-hydroxylation sites is 2. The van der Waals surface area contributed by atoms with Crippen molar-refractivity contribution in [3.63, 3.8) is 0 Å². The van der Waals surface area contributed by atoms with Crippen molar-refractivity contribution in [3.8, 4) is 11.1 Å². The highest BCUT2D eigenvalue weighted by Gasteiger charge is 2.32. The smallest absolute Gasteiger partial charge is 0.135 e. The van der Waals surface area contributed by atoms with Crippen LogP contribution in [-0.2, 0) is 0 Å². The number of furan rings is 1. The van der Waals surface area contributed by atoms with Gasteiger partial charge in [0.15, 0.2) is 0 Å². The third-order valence-corrected chi connectivity index (χ3v) is 13.3. The zero-order valence-corrected chi connectivity index (χ0v) is 34.1. The number of hydrogen-bond donors (Lipinski definition) is 0. The minimum atomic E-state index is 0.137. The largest absolute Gasteiger partial charge is 0.456 e. The molecule has 0 amide bonds. The van der Waals surface area contributed by atoms with Crippen LogP contribution < -0.4 is 9.80 Å². The van der Waals surface area contributed by atoms with Crippen LogP contribution in [0.15, 0.2) is 210 Å². The first-order valence-electron chi connectivity index (χ1n) is 21.6. The fourth-order valence-corrected chi connectivity index (χ4v) is 10.2. The minimum Gasteiger partial charge on any atom is -0.456 e. The standard InChI is InChI=1S/C58H44N2O/c1-38-51-34-43(44-26-33-58-54(35-44)50-18-10-11-19-57(50)61-58)25-31-55(51)60(46-27-22-40(23-28-46)39-12-4-2-5-13-39)56-32-30-48(36-52(38)56)59(45-15-6-3-7-16-45)47-29-24-42-21-20-41-14-8-9-17-49(41)53(42)37-47/h2-4,6-12,14-36,38,53H,5,13,37H2,1H3. The van der Waals surface area contributed by atoms with Gasteiger partial charge in [0.05, 0.1) is 5.69 Å². The molecule has 0 spiro atoms. The Morgan fingerprint density at radius 2 is 1.31 bits per heavy atom. The van der Waals surface area contributed by atoms with E-state index < -0.39 is 0 Å². The van der Waals surface area contributed by atoms with Gasteiger partial charge < -0.3 is 14.2 Å². The molecular weight excluding hydrogens is 741 g/mol. The Hall–Kier alpha value is -7.36. The molecule has 12 rings (SSSR count). The zero-order chi connectivity index (χ0) is 40.4. The number of hydrogen-bond acceptors (Lipinski definition) is 3. The number of allylic oxidation sites excluding steroid dienone is 9. The molecule has 0 saturated heterocycles. The van der Waals surface area contributed by atoms with Crippen LogP contribution in [0.2, 0.25) is 0 Å². The van der Waals surface area contributed by atoms with Gasteiger partial charge in [0, 0.05) is 51.1 Å². The third-order valence-electron chi connectivity index (χ3n) is 13.3. The van der Waals surface area contributed by atoms with E-state index in [1.807, 2.05) is 6.07 Å². The summed E-state index contributed by atoms with van der Waals surface area (Å²) < 4.78 is 6.22. The van der Waals surface area contributed by atoms with Crippen LogP contribution in [0.4, 0.5) is 28.4 Å². The van der Waals surface area contributed by atoms with Crippen LogP contribution in [-0.4, -0.2) is 0 Å². The van der Waals surface area contributed by atoms with Crippen LogP contribution >= 0.6 is 0 Å². The van der Waals surface area contributed by atoms with Crippen molar-refractivity contribution in [2.45, 2.75) is 38.0 Å². The molecule has 3 nitrogen and oxygen atoms in total. The zero-order valence-electron chi connectivity index (χ0n) is 34.1. The lowest BCUT2D eigenvalue weighted by Crippen LogP contribution is -2.24. The normalized spacial score (nSPS) is 17.5. The molecule has 61 heavy (non-hydrogen) atoms. The van der Waals surface area contributed by atoms with Gasteiger partial charge in [-0.05, 0) is 148 Å². The van der Waals surface area contributed by atoms with Crippen LogP contribution in [0.5, 0.6) is 0 Å². The molecule has 1 aromatic heterocycles. The van der Waals surface area contributed by atoms with Gasteiger partial charge in [0.1, 0.15) is 11.2 Å². The van der Waals surface area contributed by atoms with Gasteiger partial charge in [-0.15, -0.1) is 0 Å². The van der Waals surface area contributed by atoms with Crippen LogP contribution in [0.25, 0.3) is 44.7 Å². The van der Waals surface area contributed by atoms with Crippen molar-refractivity contribution in [1.29, 1.82) is 0 Å². The predicted octanol–water partition coefficient (Wildman–Crippen LogP) is 16.1. The van der Waals surface area contributed by atoms with E-state index in [0.717, 1.165) is 52.6 Å². The fourth-order valence-electron chi connectivity index (χ4n) is 10.2. The molecular formula is C58H44N2O. The average Bonchev–Trinajstić information content (AvgIpc) is 3.71. The van der Waals surface area contributed by atoms with E-state index in [0.29, 0.717) is 5.92 Å². The first-order valence-corrected chi connectivity index (χ1v) is 21.6. The lowest BCUT2D eigenvalue weighted by atomic mass is 9.78. The summed E-state index contributed by atoms with van der Waals surface area (Å²) in [5, 5.41) is 2.29. The van der Waals surface area contributed by atoms with Crippen molar-refractivity contribution in [1.82, 2.24) is 0 Å². The van der Waals surface area contributed by atoms with Crippen LogP contribution in [0, 0.1) is 0 Å². The molecule has 0 radical (unpaired) electrons. The van der Waals surface area contributed by atoms with Crippen molar-refractivity contribution in [2.75, 3.05) is 9.80 Å². The molecule has 0 saturated carbocycles. The van der Waals surface area contributed by atoms with Crippen molar-refractivity contribution in [3.05, 3.63) is 233 Å². The summed E-state index contributed by atoms with van der Waals surface area (Å²) in [6, 6.07) is 58.1. The quantitative estimate of drug-likeness (QED) is 0.167. The molecule has 8 aromatic rings. The SMILES string of the molecule is CC1c2cc(-c3ccc4oc5ccccc5c4c3)ccc2N(c2ccc(C3=CC=CCC3)cc2)c2ccc(N(C3=CC=C4C=Cc5ccccc5C4C3)c3ccccc3)cc21. The van der Waals surface area contributed by atoms with Crippen molar-refractivity contribution < 1.29 is 4.42 Å². The third kappa shape index (κ3) is 6.03. The van der Waals surface area contributed by atoms with E-state index in [4.69, 9.17) is 4.42 Å². The Bertz CT molecular complexity index is 3190. The molecule has 2 atom stereocenters. The highest BCUT2D eigenvalue weighted by molar-refractivity contribution is 6.06. The van der Waals surface area contributed by atoms with Crippen LogP contribution in [0.1, 0.15) is 65.8 Å². The fraction of sp³-hybridized carbons (Fsp3) is 0.103. The van der Waals surface area contributed by atoms with E-state index in [1.165, 1.54) is 72.8 Å². The van der Waals surface area contributed by atoms with Crippen LogP contribution in [0.3, 0.4) is 0 Å². The molecule has 3 aliphatic carbocycles. The van der Waals surface area contributed by atoms with E-state index >= 15 is 0 Å². The topological polar surface area (TPSA) is 19.6 Å². The molecule has 3 heteroatoms. The number of benzene rings is 7. The molecule has 292 valence electrons. The summed E-state index contributed by atoms with van der Waals surface area (Å²) in [7, 11) is 0. The first-order chi connectivity index (χ1) is 30.1. The van der Waals surface area contributed by atoms with E-state index in [2.05, 4.69) is 211 Å². The molecule has 4 aliphatic rings. The van der Waals surface area contributed by atoms with E-state index in [1.54, 1.807) is 0 Å². The average molecular weight is 785 g/mol. The van der Waals surface area contributed by atoms with Gasteiger partial charge in [-0.25, -0.2) is 0 Å². The molecule has 0 bridgehead atoms. The maximum Gasteiger partial charge on any atom is 0.135 e. The van der Waals surface area contributed by atoms with E-state index in [9.17, 15) is 0 Å². The Balaban J connectivity index is 0.993. The summed E-state index contributed by atoms with van der Waals surface area (Å²) in [5.74, 6) is 0.449. The van der Waals surface area contributed by atoms with E-state index in [-0.39, 0.29) is 5.92 Å². The molecule has 7 aromatic carbocycles. The summed E-state index contributed by atoms with van der Waals surface area (Å²) >= 11 is 0. The van der Waals surface area contributed by atoms with Gasteiger partial charge in [-0.2, -0.15) is 0 Å². The lowest BCUT2D eigenvalue weighted by Gasteiger charge is -2.39. The molecule has 0 N–H and O–H groups in total. The number of fused-ring (bicyclic) bond motifs is 8. The number of anilines is 5. The highest BCUT2D eigenvalue weighted by atomic mass is 16.3. The minimum absolute atomic E-state index is 0.137. The predicted molar refractivity (Wildman–Crippen MR) is 255 cm³/mol. The maximum atomic E-state index is 6.22. The first kappa shape index (κ1) is 35.6. The molecule has 2 unspecified atom stereocenters. The van der Waals surface area contributed by atoms with Gasteiger partial charge in [-0.1, -0.05) is 128 Å². The molecule has 2 heterocycles. The molecule has 0 fully saturated rings. The number of rotatable bonds is 6. The Morgan fingerprint density at radius 3 is 2.18 bits per heavy atom. The summed E-state index contributed by atoms with van der Waals surface area (Å²) in [6.07, 6.45) is 19.0. The Kier molecular flexibility index (Phi) is 8.41. The van der Waals surface area contributed by atoms with Crippen molar-refractivity contribution in [2.24, 2.45) is 0 Å². The number of nitrogens with zero attached hydrogens (tertiary/aromatic N) is 2. The lowest BCUT2D eigenvalue weighted by molar-refractivity contribution is 0.669. The Labute approximate surface area is 357 Å². The van der Waals surface area contributed by atoms with Gasteiger partial charge in [-0.3, -0.25) is 0 Å². The molecule has 1 aliphatic heterocycles. The second kappa shape index (κ2) is 14.4. The Morgan fingerprint density at radius 1 is 0.574 bits per heavy atom. The summed E-state index contributed by atoms with van der Waals surface area (Å²) in [5.41, 5.74) is 20.8. The second-order valence-electron chi connectivity index (χ2n) is 16.8.